The van der Waals surface area contributed by atoms with Crippen LogP contribution in [0.5, 0.6) is 0 Å². The second-order valence-corrected chi connectivity index (χ2v) is 6.47. The Hall–Kier alpha value is -1.62. The van der Waals surface area contributed by atoms with Crippen LogP contribution in [0, 0.1) is 5.92 Å². The number of hydrogen-bond acceptors (Lipinski definition) is 4. The number of anilines is 1. The van der Waals surface area contributed by atoms with Gasteiger partial charge >= 0.3 is 0 Å². The summed E-state index contributed by atoms with van der Waals surface area (Å²) in [6, 6.07) is 2.72. The fourth-order valence-corrected chi connectivity index (χ4v) is 3.23. The van der Waals surface area contributed by atoms with Gasteiger partial charge < -0.3 is 14.8 Å². The van der Waals surface area contributed by atoms with E-state index in [4.69, 9.17) is 0 Å². The van der Waals surface area contributed by atoms with Crippen molar-refractivity contribution in [2.45, 2.75) is 31.7 Å². The fraction of sp³-hybridized carbons (Fsp3) is 0.625. The summed E-state index contributed by atoms with van der Waals surface area (Å²) >= 11 is 0. The van der Waals surface area contributed by atoms with Gasteiger partial charge in [-0.3, -0.25) is 0 Å². The molecule has 5 nitrogen and oxygen atoms in total. The zero-order valence-electron chi connectivity index (χ0n) is 12.6. The molecule has 4 rings (SSSR count). The van der Waals surface area contributed by atoms with Gasteiger partial charge in [0, 0.05) is 32.4 Å². The molecule has 5 heteroatoms. The van der Waals surface area contributed by atoms with Crippen LogP contribution in [0.25, 0.3) is 11.0 Å². The summed E-state index contributed by atoms with van der Waals surface area (Å²) in [5, 5.41) is 3.73. The Bertz CT molecular complexity index is 623. The number of piperidine rings is 1. The molecule has 0 atom stereocenters. The van der Waals surface area contributed by atoms with Crippen LogP contribution in [0.3, 0.4) is 0 Å². The number of nitrogens with zero attached hydrogens (tertiary/aromatic N) is 4. The molecule has 0 spiro atoms. The van der Waals surface area contributed by atoms with Gasteiger partial charge in [-0.05, 0) is 44.2 Å². The lowest BCUT2D eigenvalue weighted by Crippen LogP contribution is -2.43. The molecule has 2 aliphatic rings. The maximum absolute atomic E-state index is 4.58. The number of fused-ring (bicyclic) bond motifs is 1. The van der Waals surface area contributed by atoms with Gasteiger partial charge in [-0.2, -0.15) is 0 Å². The predicted molar refractivity (Wildman–Crippen MR) is 84.5 cm³/mol. The molecule has 3 heterocycles. The average Bonchev–Trinajstić information content (AvgIpc) is 3.28. The molecule has 1 N–H and O–H groups in total. The maximum atomic E-state index is 4.58. The lowest BCUT2D eigenvalue weighted by atomic mass is 10.0. The summed E-state index contributed by atoms with van der Waals surface area (Å²) in [7, 11) is 2.03. The average molecular weight is 285 g/mol. The van der Waals surface area contributed by atoms with E-state index in [0.717, 1.165) is 35.9 Å². The number of nitrogens with one attached hydrogen (secondary N) is 1. The van der Waals surface area contributed by atoms with E-state index >= 15 is 0 Å². The number of rotatable bonds is 4. The summed E-state index contributed by atoms with van der Waals surface area (Å²) in [5.74, 6) is 2.01. The van der Waals surface area contributed by atoms with Crippen molar-refractivity contribution in [1.82, 2.24) is 19.9 Å². The molecule has 1 saturated carbocycles. The topological polar surface area (TPSA) is 46.0 Å². The molecule has 21 heavy (non-hydrogen) atoms. The van der Waals surface area contributed by atoms with Crippen LogP contribution in [-0.4, -0.2) is 40.2 Å². The van der Waals surface area contributed by atoms with E-state index in [9.17, 15) is 0 Å². The van der Waals surface area contributed by atoms with Gasteiger partial charge in [0.2, 0.25) is 0 Å². The molecule has 2 aromatic rings. The molecule has 1 aliphatic heterocycles. The zero-order valence-corrected chi connectivity index (χ0v) is 12.6. The van der Waals surface area contributed by atoms with Crippen LogP contribution in [0.2, 0.25) is 0 Å². The van der Waals surface area contributed by atoms with Crippen molar-refractivity contribution in [3.8, 4) is 0 Å². The number of hydrogen-bond donors (Lipinski definition) is 1. The largest absolute Gasteiger partial charge is 0.355 e. The summed E-state index contributed by atoms with van der Waals surface area (Å²) in [6.07, 6.45) is 9.04. The first kappa shape index (κ1) is 13.1. The third-order valence-electron chi connectivity index (χ3n) is 4.81. The van der Waals surface area contributed by atoms with Gasteiger partial charge in [-0.25, -0.2) is 9.97 Å². The normalized spacial score (nSPS) is 20.3. The van der Waals surface area contributed by atoms with Crippen molar-refractivity contribution < 1.29 is 0 Å². The van der Waals surface area contributed by atoms with Crippen molar-refractivity contribution in [3.05, 3.63) is 18.6 Å². The van der Waals surface area contributed by atoms with Gasteiger partial charge in [0.05, 0.1) is 11.8 Å². The molecular formula is C16H23N5. The first-order valence-electron chi connectivity index (χ1n) is 8.05. The van der Waals surface area contributed by atoms with Crippen molar-refractivity contribution in [3.63, 3.8) is 0 Å². The minimum Gasteiger partial charge on any atom is -0.355 e. The van der Waals surface area contributed by atoms with E-state index in [1.165, 1.54) is 32.2 Å². The number of aryl methyl sites for hydroxylation is 1. The van der Waals surface area contributed by atoms with Crippen LogP contribution in [0.1, 0.15) is 25.7 Å². The highest BCUT2D eigenvalue weighted by Gasteiger charge is 2.25. The lowest BCUT2D eigenvalue weighted by molar-refractivity contribution is 0.408. The Morgan fingerprint density at radius 3 is 2.76 bits per heavy atom. The Labute approximate surface area is 125 Å². The van der Waals surface area contributed by atoms with E-state index in [1.807, 2.05) is 25.6 Å². The highest BCUT2D eigenvalue weighted by molar-refractivity contribution is 5.86. The third kappa shape index (κ3) is 2.62. The molecule has 0 amide bonds. The van der Waals surface area contributed by atoms with Crippen molar-refractivity contribution >= 4 is 16.9 Å². The summed E-state index contributed by atoms with van der Waals surface area (Å²) in [4.78, 5) is 11.5. The molecule has 0 unspecified atom stereocenters. The summed E-state index contributed by atoms with van der Waals surface area (Å²) in [6.45, 7) is 3.37. The fourth-order valence-electron chi connectivity index (χ4n) is 3.23. The number of pyridine rings is 1. The molecule has 1 aliphatic carbocycles. The zero-order chi connectivity index (χ0) is 14.2. The summed E-state index contributed by atoms with van der Waals surface area (Å²) in [5.41, 5.74) is 2.19. The van der Waals surface area contributed by atoms with Gasteiger partial charge in [0.1, 0.15) is 5.52 Å². The second-order valence-electron chi connectivity index (χ2n) is 6.47. The Morgan fingerprint density at radius 2 is 2.00 bits per heavy atom. The van der Waals surface area contributed by atoms with Crippen LogP contribution in [0.15, 0.2) is 18.6 Å². The minimum atomic E-state index is 0.685. The van der Waals surface area contributed by atoms with Crippen LogP contribution in [0.4, 0.5) is 5.82 Å². The second kappa shape index (κ2) is 5.30. The smallest absolute Gasteiger partial charge is 0.156 e. The van der Waals surface area contributed by atoms with Gasteiger partial charge in [0.15, 0.2) is 5.82 Å². The monoisotopic (exact) mass is 285 g/mol. The van der Waals surface area contributed by atoms with Gasteiger partial charge in [-0.15, -0.1) is 0 Å². The van der Waals surface area contributed by atoms with E-state index < -0.39 is 0 Å². The standard InChI is InChI=1S/C16H23N5/c1-20-11-19-15-14(20)4-7-17-16(15)21-8-5-13(6-9-21)18-10-12-2-3-12/h4,7,11-13,18H,2-3,5-6,8-10H2,1H3. The summed E-state index contributed by atoms with van der Waals surface area (Å²) < 4.78 is 2.06. The van der Waals surface area contributed by atoms with Crippen molar-refractivity contribution in [2.24, 2.45) is 13.0 Å². The van der Waals surface area contributed by atoms with E-state index in [2.05, 4.69) is 24.8 Å². The van der Waals surface area contributed by atoms with Gasteiger partial charge in [0.25, 0.3) is 0 Å². The van der Waals surface area contributed by atoms with Crippen LogP contribution in [-0.2, 0) is 7.05 Å². The first-order valence-corrected chi connectivity index (χ1v) is 8.05. The Kier molecular flexibility index (Phi) is 3.30. The SMILES string of the molecule is Cn1cnc2c(N3CCC(NCC4CC4)CC3)nccc21. The number of aromatic nitrogens is 3. The van der Waals surface area contributed by atoms with Gasteiger partial charge in [-0.1, -0.05) is 0 Å². The molecule has 2 fully saturated rings. The van der Waals surface area contributed by atoms with E-state index in [1.54, 1.807) is 0 Å². The molecule has 0 radical (unpaired) electrons. The Morgan fingerprint density at radius 1 is 1.19 bits per heavy atom. The van der Waals surface area contributed by atoms with E-state index in [0.29, 0.717) is 6.04 Å². The third-order valence-corrected chi connectivity index (χ3v) is 4.81. The molecule has 1 saturated heterocycles. The molecule has 0 bridgehead atoms. The molecule has 2 aromatic heterocycles. The van der Waals surface area contributed by atoms with Crippen molar-refractivity contribution in [2.75, 3.05) is 24.5 Å². The molecule has 112 valence electrons. The maximum Gasteiger partial charge on any atom is 0.156 e. The minimum absolute atomic E-state index is 0.685. The van der Waals surface area contributed by atoms with Crippen LogP contribution >= 0.6 is 0 Å². The quantitative estimate of drug-likeness (QED) is 0.932. The lowest BCUT2D eigenvalue weighted by Gasteiger charge is -2.33. The van der Waals surface area contributed by atoms with Crippen molar-refractivity contribution in [1.29, 1.82) is 0 Å². The highest BCUT2D eigenvalue weighted by atomic mass is 15.2. The predicted octanol–water partition coefficient (Wildman–Crippen LogP) is 1.94. The highest BCUT2D eigenvalue weighted by Crippen LogP contribution is 2.29. The van der Waals surface area contributed by atoms with Crippen LogP contribution < -0.4 is 10.2 Å². The molecule has 0 aromatic carbocycles. The first-order chi connectivity index (χ1) is 10.3. The number of imidazole rings is 1. The Balaban J connectivity index is 1.44. The molecular weight excluding hydrogens is 262 g/mol. The van der Waals surface area contributed by atoms with E-state index in [-0.39, 0.29) is 0 Å².